The van der Waals surface area contributed by atoms with Crippen molar-refractivity contribution in [1.29, 1.82) is 0 Å². The normalized spacial score (nSPS) is 30.6. The maximum absolute atomic E-state index is 6.10. The molecule has 0 amide bonds. The van der Waals surface area contributed by atoms with Crippen molar-refractivity contribution >= 4 is 8.56 Å². The maximum Gasteiger partial charge on any atom is 0.340 e. The molecule has 0 aromatic carbocycles. The van der Waals surface area contributed by atoms with E-state index in [4.69, 9.17) is 19.3 Å². The van der Waals surface area contributed by atoms with Gasteiger partial charge in [-0.25, -0.2) is 0 Å². The monoisotopic (exact) mass is 247 g/mol. The fourth-order valence-corrected chi connectivity index (χ4v) is 5.71. The van der Waals surface area contributed by atoms with Gasteiger partial charge in [0.05, 0.1) is 0 Å². The molecule has 0 radical (unpaired) electrons. The average Bonchev–Trinajstić information content (AvgIpc) is 2.28. The smallest absolute Gasteiger partial charge is 0.340 e. The minimum absolute atomic E-state index is 0.0465. The zero-order chi connectivity index (χ0) is 11.9. The molecule has 0 bridgehead atoms. The van der Waals surface area contributed by atoms with Crippen LogP contribution >= 0.6 is 0 Å². The Hall–Kier alpha value is 0.0569. The number of hydrogen-bond donors (Lipinski definition) is 1. The SMILES string of the molecule is CCOC1CCC[Si](CCCN)(OCC)O1. The molecule has 1 aliphatic rings. The number of rotatable bonds is 7. The van der Waals surface area contributed by atoms with Gasteiger partial charge in [-0.1, -0.05) is 0 Å². The summed E-state index contributed by atoms with van der Waals surface area (Å²) >= 11 is 0. The molecule has 5 heteroatoms. The lowest BCUT2D eigenvalue weighted by atomic mass is 10.3. The fourth-order valence-electron chi connectivity index (χ4n) is 2.20. The highest BCUT2D eigenvalue weighted by Gasteiger charge is 2.42. The van der Waals surface area contributed by atoms with E-state index in [0.29, 0.717) is 13.2 Å². The van der Waals surface area contributed by atoms with Crippen LogP contribution in [0.1, 0.15) is 33.1 Å². The molecule has 0 saturated carbocycles. The van der Waals surface area contributed by atoms with Crippen LogP contribution in [0.3, 0.4) is 0 Å². The average molecular weight is 247 g/mol. The number of hydrogen-bond acceptors (Lipinski definition) is 4. The van der Waals surface area contributed by atoms with Crippen molar-refractivity contribution in [2.45, 2.75) is 51.5 Å². The molecule has 0 spiro atoms. The second-order valence-electron chi connectivity index (χ2n) is 4.13. The quantitative estimate of drug-likeness (QED) is 0.699. The summed E-state index contributed by atoms with van der Waals surface area (Å²) in [5.74, 6) is 0. The summed E-state index contributed by atoms with van der Waals surface area (Å²) in [7, 11) is -2.01. The topological polar surface area (TPSA) is 53.7 Å². The molecule has 2 atom stereocenters. The van der Waals surface area contributed by atoms with Gasteiger partial charge in [0.2, 0.25) is 0 Å². The van der Waals surface area contributed by atoms with Crippen LogP contribution in [-0.2, 0) is 13.6 Å². The van der Waals surface area contributed by atoms with Gasteiger partial charge >= 0.3 is 8.56 Å². The van der Waals surface area contributed by atoms with Gasteiger partial charge in [0.1, 0.15) is 6.29 Å². The largest absolute Gasteiger partial charge is 0.394 e. The predicted octanol–water partition coefficient (Wildman–Crippen LogP) is 1.99. The zero-order valence-corrected chi connectivity index (χ0v) is 11.5. The van der Waals surface area contributed by atoms with Crippen molar-refractivity contribution in [1.82, 2.24) is 0 Å². The van der Waals surface area contributed by atoms with Crippen molar-refractivity contribution in [3.8, 4) is 0 Å². The van der Waals surface area contributed by atoms with Gasteiger partial charge < -0.3 is 19.3 Å². The first-order valence-corrected chi connectivity index (χ1v) is 8.63. The molecular weight excluding hydrogens is 222 g/mol. The number of nitrogens with two attached hydrogens (primary N) is 1. The van der Waals surface area contributed by atoms with E-state index in [-0.39, 0.29) is 6.29 Å². The first-order valence-electron chi connectivity index (χ1n) is 6.39. The summed E-state index contributed by atoms with van der Waals surface area (Å²) in [6.45, 7) is 6.19. The molecule has 0 aromatic rings. The van der Waals surface area contributed by atoms with Crippen LogP contribution in [0.25, 0.3) is 0 Å². The third kappa shape index (κ3) is 4.14. The Balaban J connectivity index is 2.52. The van der Waals surface area contributed by atoms with Gasteiger partial charge in [-0.15, -0.1) is 0 Å². The summed E-state index contributed by atoms with van der Waals surface area (Å²) in [4.78, 5) is 0. The van der Waals surface area contributed by atoms with Crippen molar-refractivity contribution < 1.29 is 13.6 Å². The molecule has 0 aromatic heterocycles. The molecule has 1 fully saturated rings. The van der Waals surface area contributed by atoms with Gasteiger partial charge in [-0.05, 0) is 51.7 Å². The van der Waals surface area contributed by atoms with E-state index >= 15 is 0 Å². The predicted molar refractivity (Wildman–Crippen MR) is 66.4 cm³/mol. The Morgan fingerprint density at radius 2 is 2.19 bits per heavy atom. The van der Waals surface area contributed by atoms with Gasteiger partial charge in [0.15, 0.2) is 0 Å². The second-order valence-corrected chi connectivity index (χ2v) is 7.48. The Labute approximate surface area is 99.7 Å². The molecule has 4 nitrogen and oxygen atoms in total. The Bertz CT molecular complexity index is 188. The lowest BCUT2D eigenvalue weighted by molar-refractivity contribution is -0.109. The van der Waals surface area contributed by atoms with Gasteiger partial charge in [0, 0.05) is 13.2 Å². The van der Waals surface area contributed by atoms with Crippen LogP contribution in [0.4, 0.5) is 0 Å². The summed E-state index contributed by atoms with van der Waals surface area (Å²) in [6, 6.07) is 2.09. The Kier molecular flexibility index (Phi) is 6.53. The van der Waals surface area contributed by atoms with Gasteiger partial charge in [-0.2, -0.15) is 0 Å². The minimum Gasteiger partial charge on any atom is -0.394 e. The molecule has 2 unspecified atom stereocenters. The van der Waals surface area contributed by atoms with Gasteiger partial charge in [0.25, 0.3) is 0 Å². The van der Waals surface area contributed by atoms with E-state index < -0.39 is 8.56 Å². The third-order valence-corrected chi connectivity index (χ3v) is 6.60. The molecule has 96 valence electrons. The zero-order valence-electron chi connectivity index (χ0n) is 10.5. The summed E-state index contributed by atoms with van der Waals surface area (Å²) in [6.07, 6.45) is 3.10. The summed E-state index contributed by atoms with van der Waals surface area (Å²) in [5, 5.41) is 0. The van der Waals surface area contributed by atoms with Gasteiger partial charge in [-0.3, -0.25) is 0 Å². The van der Waals surface area contributed by atoms with Crippen LogP contribution < -0.4 is 5.73 Å². The first kappa shape index (κ1) is 14.1. The van der Waals surface area contributed by atoms with Crippen molar-refractivity contribution in [2.75, 3.05) is 19.8 Å². The highest BCUT2D eigenvalue weighted by molar-refractivity contribution is 6.67. The van der Waals surface area contributed by atoms with E-state index in [1.165, 1.54) is 0 Å². The van der Waals surface area contributed by atoms with E-state index in [1.807, 2.05) is 13.8 Å². The summed E-state index contributed by atoms with van der Waals surface area (Å²) in [5.41, 5.74) is 5.57. The molecule has 2 N–H and O–H groups in total. The molecule has 1 aliphatic heterocycles. The van der Waals surface area contributed by atoms with E-state index in [2.05, 4.69) is 0 Å². The first-order chi connectivity index (χ1) is 7.76. The molecular formula is C11H25NO3Si. The minimum atomic E-state index is -2.01. The van der Waals surface area contributed by atoms with Crippen LogP contribution in [0.5, 0.6) is 0 Å². The van der Waals surface area contributed by atoms with Crippen LogP contribution in [0.15, 0.2) is 0 Å². The molecule has 0 aliphatic carbocycles. The van der Waals surface area contributed by atoms with E-state index in [9.17, 15) is 0 Å². The molecule has 16 heavy (non-hydrogen) atoms. The fraction of sp³-hybridized carbons (Fsp3) is 1.00. The highest BCUT2D eigenvalue weighted by atomic mass is 28.4. The van der Waals surface area contributed by atoms with Crippen molar-refractivity contribution in [3.63, 3.8) is 0 Å². The Morgan fingerprint density at radius 3 is 2.81 bits per heavy atom. The van der Waals surface area contributed by atoms with E-state index in [1.54, 1.807) is 0 Å². The van der Waals surface area contributed by atoms with Crippen LogP contribution in [-0.4, -0.2) is 34.6 Å². The molecule has 1 saturated heterocycles. The van der Waals surface area contributed by atoms with Crippen LogP contribution in [0.2, 0.25) is 12.1 Å². The second kappa shape index (κ2) is 7.40. The Morgan fingerprint density at radius 1 is 1.38 bits per heavy atom. The molecule has 1 heterocycles. The third-order valence-electron chi connectivity index (χ3n) is 2.87. The molecule has 1 rings (SSSR count). The van der Waals surface area contributed by atoms with Crippen molar-refractivity contribution in [2.24, 2.45) is 5.73 Å². The standard InChI is InChI=1S/C11H25NO3Si/c1-3-13-11-7-5-9-16(15-11,14-4-2)10-6-8-12/h11H,3-10,12H2,1-2H3. The van der Waals surface area contributed by atoms with E-state index in [0.717, 1.165) is 38.0 Å². The number of ether oxygens (including phenoxy) is 1. The highest BCUT2D eigenvalue weighted by Crippen LogP contribution is 2.31. The lowest BCUT2D eigenvalue weighted by Crippen LogP contribution is -2.49. The maximum atomic E-state index is 6.10. The van der Waals surface area contributed by atoms with Crippen molar-refractivity contribution in [3.05, 3.63) is 0 Å². The van der Waals surface area contributed by atoms with Crippen LogP contribution in [0, 0.1) is 0 Å². The summed E-state index contributed by atoms with van der Waals surface area (Å²) < 4.78 is 17.6. The lowest BCUT2D eigenvalue weighted by Gasteiger charge is -2.38.